The molecule has 1 fully saturated rings. The lowest BCUT2D eigenvalue weighted by Gasteiger charge is -2.40. The summed E-state index contributed by atoms with van der Waals surface area (Å²) in [6.07, 6.45) is 0. The van der Waals surface area contributed by atoms with Crippen LogP contribution in [0.5, 0.6) is 0 Å². The number of carbonyl (C=O) groups is 1. The first kappa shape index (κ1) is 18.3. The molecule has 1 N–H and O–H groups in total. The van der Waals surface area contributed by atoms with Gasteiger partial charge in [0.1, 0.15) is 6.54 Å². The van der Waals surface area contributed by atoms with E-state index in [4.69, 9.17) is 9.26 Å². The summed E-state index contributed by atoms with van der Waals surface area (Å²) < 4.78 is 11.4. The Balaban J connectivity index is 1.64. The Kier molecular flexibility index (Phi) is 5.53. The van der Waals surface area contributed by atoms with Crippen molar-refractivity contribution in [2.24, 2.45) is 0 Å². The lowest BCUT2D eigenvalue weighted by molar-refractivity contribution is -0.122. The minimum Gasteiger partial charge on any atom is -0.379 e. The number of carbonyl (C=O) groups excluding carboxylic acids is 1. The van der Waals surface area contributed by atoms with E-state index in [9.17, 15) is 9.59 Å². The summed E-state index contributed by atoms with van der Waals surface area (Å²) in [7, 11) is 0. The van der Waals surface area contributed by atoms with Gasteiger partial charge in [-0.05, 0) is 13.8 Å². The SMILES string of the molecule is CC(C)(CNC(=O)Cn1c(-c2ccccc2)noc1=O)N1CCOCC1. The highest BCUT2D eigenvalue weighted by molar-refractivity contribution is 5.76. The largest absolute Gasteiger partial charge is 0.442 e. The van der Waals surface area contributed by atoms with Crippen LogP contribution in [0, 0.1) is 0 Å². The molecular formula is C18H24N4O4. The molecule has 8 nitrogen and oxygen atoms in total. The minimum atomic E-state index is -0.647. The topological polar surface area (TPSA) is 89.6 Å². The lowest BCUT2D eigenvalue weighted by atomic mass is 10.0. The summed E-state index contributed by atoms with van der Waals surface area (Å²) in [6, 6.07) is 9.17. The molecule has 0 unspecified atom stereocenters. The molecule has 140 valence electrons. The van der Waals surface area contributed by atoms with Crippen LogP contribution in [0.2, 0.25) is 0 Å². The van der Waals surface area contributed by atoms with Gasteiger partial charge in [-0.1, -0.05) is 35.5 Å². The molecule has 1 aromatic carbocycles. The van der Waals surface area contributed by atoms with Gasteiger partial charge in [0.2, 0.25) is 5.91 Å². The zero-order chi connectivity index (χ0) is 18.6. The molecule has 0 aliphatic carbocycles. The summed E-state index contributed by atoms with van der Waals surface area (Å²) in [5, 5.41) is 6.71. The van der Waals surface area contributed by atoms with Gasteiger partial charge in [-0.15, -0.1) is 0 Å². The summed E-state index contributed by atoms with van der Waals surface area (Å²) >= 11 is 0. The van der Waals surface area contributed by atoms with Crippen molar-refractivity contribution in [3.8, 4) is 11.4 Å². The van der Waals surface area contributed by atoms with E-state index in [0.29, 0.717) is 25.6 Å². The average molecular weight is 360 g/mol. The van der Waals surface area contributed by atoms with Crippen molar-refractivity contribution in [3.05, 3.63) is 40.9 Å². The van der Waals surface area contributed by atoms with Crippen molar-refractivity contribution in [2.45, 2.75) is 25.9 Å². The highest BCUT2D eigenvalue weighted by Crippen LogP contribution is 2.16. The van der Waals surface area contributed by atoms with Crippen LogP contribution >= 0.6 is 0 Å². The van der Waals surface area contributed by atoms with E-state index in [0.717, 1.165) is 18.7 Å². The molecule has 0 saturated carbocycles. The van der Waals surface area contributed by atoms with Gasteiger partial charge >= 0.3 is 5.76 Å². The van der Waals surface area contributed by atoms with Crippen molar-refractivity contribution in [1.29, 1.82) is 0 Å². The van der Waals surface area contributed by atoms with Crippen LogP contribution in [0.15, 0.2) is 39.6 Å². The van der Waals surface area contributed by atoms with Crippen LogP contribution in [-0.2, 0) is 16.1 Å². The molecule has 8 heteroatoms. The molecule has 1 saturated heterocycles. The number of rotatable bonds is 6. The van der Waals surface area contributed by atoms with E-state index >= 15 is 0 Å². The van der Waals surface area contributed by atoms with Gasteiger partial charge < -0.3 is 10.1 Å². The second kappa shape index (κ2) is 7.84. The number of amides is 1. The highest BCUT2D eigenvalue weighted by atomic mass is 16.5. The van der Waals surface area contributed by atoms with Crippen molar-refractivity contribution in [3.63, 3.8) is 0 Å². The van der Waals surface area contributed by atoms with Crippen molar-refractivity contribution in [2.75, 3.05) is 32.8 Å². The molecule has 0 bridgehead atoms. The summed E-state index contributed by atoms with van der Waals surface area (Å²) in [5.74, 6) is -0.557. The zero-order valence-corrected chi connectivity index (χ0v) is 15.1. The molecular weight excluding hydrogens is 336 g/mol. The fourth-order valence-corrected chi connectivity index (χ4v) is 3.00. The molecule has 0 radical (unpaired) electrons. The molecule has 26 heavy (non-hydrogen) atoms. The molecule has 2 heterocycles. The third-order valence-corrected chi connectivity index (χ3v) is 4.61. The Hall–Kier alpha value is -2.45. The van der Waals surface area contributed by atoms with E-state index in [1.54, 1.807) is 0 Å². The number of hydrogen-bond acceptors (Lipinski definition) is 6. The van der Waals surface area contributed by atoms with Crippen LogP contribution in [0.1, 0.15) is 13.8 Å². The molecule has 1 aliphatic rings. The predicted octanol–water partition coefficient (Wildman–Crippen LogP) is 0.730. The zero-order valence-electron chi connectivity index (χ0n) is 15.1. The maximum atomic E-state index is 12.4. The molecule has 1 aromatic heterocycles. The van der Waals surface area contributed by atoms with Crippen LogP contribution in [0.25, 0.3) is 11.4 Å². The Labute approximate surface area is 151 Å². The molecule has 1 amide bonds. The van der Waals surface area contributed by atoms with Crippen LogP contribution < -0.4 is 11.1 Å². The fourth-order valence-electron chi connectivity index (χ4n) is 3.00. The number of morpholine rings is 1. The van der Waals surface area contributed by atoms with E-state index in [1.807, 2.05) is 30.3 Å². The monoisotopic (exact) mass is 360 g/mol. The number of ether oxygens (including phenoxy) is 1. The van der Waals surface area contributed by atoms with Gasteiger partial charge in [0, 0.05) is 30.7 Å². The maximum Gasteiger partial charge on any atom is 0.442 e. The second-order valence-electron chi connectivity index (χ2n) is 6.91. The number of nitrogens with one attached hydrogen (secondary N) is 1. The molecule has 1 aliphatic heterocycles. The maximum absolute atomic E-state index is 12.4. The molecule has 2 aromatic rings. The third kappa shape index (κ3) is 4.20. The van der Waals surface area contributed by atoms with E-state index in [-0.39, 0.29) is 18.0 Å². The van der Waals surface area contributed by atoms with Gasteiger partial charge in [-0.25, -0.2) is 9.36 Å². The number of aromatic nitrogens is 2. The Morgan fingerprint density at radius 3 is 2.62 bits per heavy atom. The highest BCUT2D eigenvalue weighted by Gasteiger charge is 2.28. The van der Waals surface area contributed by atoms with Gasteiger partial charge in [0.05, 0.1) is 13.2 Å². The van der Waals surface area contributed by atoms with E-state index in [2.05, 4.69) is 29.2 Å². The summed E-state index contributed by atoms with van der Waals surface area (Å²) in [6.45, 7) is 7.59. The standard InChI is InChI=1S/C18H24N4O4/c1-18(2,21-8-10-25-11-9-21)13-19-15(23)12-22-16(20-26-17(22)24)14-6-4-3-5-7-14/h3-7H,8-13H2,1-2H3,(H,19,23). The quantitative estimate of drug-likeness (QED) is 0.817. The predicted molar refractivity (Wildman–Crippen MR) is 95.7 cm³/mol. The smallest absolute Gasteiger partial charge is 0.379 e. The molecule has 0 spiro atoms. The van der Waals surface area contributed by atoms with Crippen LogP contribution in [0.4, 0.5) is 0 Å². The van der Waals surface area contributed by atoms with Gasteiger partial charge in [0.25, 0.3) is 0 Å². The summed E-state index contributed by atoms with van der Waals surface area (Å²) in [5.41, 5.74) is 0.529. The van der Waals surface area contributed by atoms with Gasteiger partial charge in [0.15, 0.2) is 5.82 Å². The van der Waals surface area contributed by atoms with Crippen LogP contribution in [-0.4, -0.2) is 58.9 Å². The normalized spacial score (nSPS) is 15.8. The van der Waals surface area contributed by atoms with E-state index < -0.39 is 5.76 Å². The Morgan fingerprint density at radius 1 is 1.23 bits per heavy atom. The fraction of sp³-hybridized carbons (Fsp3) is 0.500. The summed E-state index contributed by atoms with van der Waals surface area (Å²) in [4.78, 5) is 26.6. The van der Waals surface area contributed by atoms with Crippen molar-refractivity contribution >= 4 is 5.91 Å². The third-order valence-electron chi connectivity index (χ3n) is 4.61. The Bertz CT molecular complexity index is 791. The first-order chi connectivity index (χ1) is 12.5. The number of hydrogen-bond donors (Lipinski definition) is 1. The molecule has 3 rings (SSSR count). The Morgan fingerprint density at radius 2 is 1.92 bits per heavy atom. The van der Waals surface area contributed by atoms with Gasteiger partial charge in [-0.3, -0.25) is 14.2 Å². The average Bonchev–Trinajstić information content (AvgIpc) is 3.02. The van der Waals surface area contributed by atoms with Crippen molar-refractivity contribution < 1.29 is 14.1 Å². The van der Waals surface area contributed by atoms with Gasteiger partial charge in [-0.2, -0.15) is 0 Å². The first-order valence-electron chi connectivity index (χ1n) is 8.69. The first-order valence-corrected chi connectivity index (χ1v) is 8.69. The number of benzene rings is 1. The number of nitrogens with zero attached hydrogens (tertiary/aromatic N) is 3. The minimum absolute atomic E-state index is 0.133. The lowest BCUT2D eigenvalue weighted by Crippen LogP contribution is -2.55. The van der Waals surface area contributed by atoms with E-state index in [1.165, 1.54) is 4.57 Å². The molecule has 0 atom stereocenters. The second-order valence-corrected chi connectivity index (χ2v) is 6.91. The van der Waals surface area contributed by atoms with Crippen molar-refractivity contribution in [1.82, 2.24) is 19.9 Å². The van der Waals surface area contributed by atoms with Crippen LogP contribution in [0.3, 0.4) is 0 Å².